The van der Waals surface area contributed by atoms with E-state index in [9.17, 15) is 22.8 Å². The molecule has 0 spiro atoms. The summed E-state index contributed by atoms with van der Waals surface area (Å²) in [7, 11) is 1.29. The Balaban J connectivity index is 1.78. The van der Waals surface area contributed by atoms with Crippen molar-refractivity contribution in [2.24, 2.45) is 0 Å². The van der Waals surface area contributed by atoms with Crippen LogP contribution >= 0.6 is 11.8 Å². The molecule has 1 aromatic heterocycles. The first-order chi connectivity index (χ1) is 18.2. The molecule has 0 saturated heterocycles. The second-order valence-corrected chi connectivity index (χ2v) is 9.87. The standard InChI is InChI=1S/C29H21F4NO3S/c1-15-19(13-20-21(31)9-5-10-22(20)32)29-34(23(14-38-29)27(35)16-6-3-7-17(30)12-16)28(36)25(15)18-8-4-11-24(37-2)26(18)33/h3-12,23H,13-14H2,1-2H3. The summed E-state index contributed by atoms with van der Waals surface area (Å²) in [4.78, 5) is 27.4. The van der Waals surface area contributed by atoms with Crippen molar-refractivity contribution < 1.29 is 27.1 Å². The predicted octanol–water partition coefficient (Wildman–Crippen LogP) is 6.51. The van der Waals surface area contributed by atoms with Gasteiger partial charge in [-0.3, -0.25) is 14.2 Å². The number of halogens is 4. The van der Waals surface area contributed by atoms with Crippen LogP contribution in [0.1, 0.15) is 33.1 Å². The molecule has 2 heterocycles. The molecule has 1 unspecified atom stereocenters. The Hall–Kier alpha value is -3.85. The van der Waals surface area contributed by atoms with Crippen molar-refractivity contribution in [3.05, 3.63) is 117 Å². The first-order valence-corrected chi connectivity index (χ1v) is 12.7. The quantitative estimate of drug-likeness (QED) is 0.207. The Bertz CT molecular complexity index is 1630. The highest BCUT2D eigenvalue weighted by atomic mass is 32.2. The molecule has 38 heavy (non-hydrogen) atoms. The topological polar surface area (TPSA) is 48.3 Å². The molecule has 0 radical (unpaired) electrons. The van der Waals surface area contributed by atoms with Crippen LogP contribution in [-0.2, 0) is 6.42 Å². The molecule has 0 fully saturated rings. The predicted molar refractivity (Wildman–Crippen MR) is 137 cm³/mol. The molecule has 194 valence electrons. The van der Waals surface area contributed by atoms with E-state index in [2.05, 4.69) is 0 Å². The molecule has 1 aliphatic heterocycles. The maximum atomic E-state index is 15.4. The zero-order chi connectivity index (χ0) is 27.1. The molecule has 9 heteroatoms. The van der Waals surface area contributed by atoms with Gasteiger partial charge in [-0.25, -0.2) is 17.6 Å². The lowest BCUT2D eigenvalue weighted by Gasteiger charge is -2.21. The fourth-order valence-corrected chi connectivity index (χ4v) is 6.16. The number of Topliss-reactive ketones (excluding diaryl/α,β-unsaturated/α-hetero) is 1. The van der Waals surface area contributed by atoms with E-state index in [1.807, 2.05) is 0 Å². The van der Waals surface area contributed by atoms with E-state index in [4.69, 9.17) is 4.74 Å². The van der Waals surface area contributed by atoms with Gasteiger partial charge in [0.2, 0.25) is 0 Å². The number of pyridine rings is 1. The van der Waals surface area contributed by atoms with Gasteiger partial charge in [-0.05, 0) is 48.4 Å². The minimum atomic E-state index is -1.03. The fraction of sp³-hybridized carbons (Fsp3) is 0.172. The second kappa shape index (κ2) is 10.1. The number of carbonyl (C=O) groups is 1. The Kier molecular flexibility index (Phi) is 6.88. The van der Waals surface area contributed by atoms with Crippen molar-refractivity contribution in [1.82, 2.24) is 4.57 Å². The molecule has 4 aromatic rings. The highest BCUT2D eigenvalue weighted by Crippen LogP contribution is 2.41. The Morgan fingerprint density at radius 1 is 1.00 bits per heavy atom. The van der Waals surface area contributed by atoms with Gasteiger partial charge in [0.1, 0.15) is 23.5 Å². The summed E-state index contributed by atoms with van der Waals surface area (Å²) >= 11 is 1.19. The van der Waals surface area contributed by atoms with Crippen molar-refractivity contribution in [3.63, 3.8) is 0 Å². The van der Waals surface area contributed by atoms with Gasteiger partial charge in [0.25, 0.3) is 5.56 Å². The van der Waals surface area contributed by atoms with Crippen LogP contribution in [0.15, 0.2) is 70.5 Å². The van der Waals surface area contributed by atoms with Crippen LogP contribution in [0.2, 0.25) is 0 Å². The summed E-state index contributed by atoms with van der Waals surface area (Å²) < 4.78 is 65.0. The number of fused-ring (bicyclic) bond motifs is 1. The van der Waals surface area contributed by atoms with Gasteiger partial charge in [0.05, 0.1) is 17.7 Å². The lowest BCUT2D eigenvalue weighted by atomic mass is 9.93. The number of ether oxygens (including phenoxy) is 1. The van der Waals surface area contributed by atoms with Crippen LogP contribution in [-0.4, -0.2) is 23.2 Å². The van der Waals surface area contributed by atoms with Gasteiger partial charge in [0.15, 0.2) is 17.3 Å². The van der Waals surface area contributed by atoms with E-state index in [1.165, 1.54) is 65.9 Å². The van der Waals surface area contributed by atoms with E-state index in [1.54, 1.807) is 6.92 Å². The maximum absolute atomic E-state index is 15.4. The lowest BCUT2D eigenvalue weighted by Crippen LogP contribution is -2.31. The van der Waals surface area contributed by atoms with E-state index in [0.717, 1.165) is 18.2 Å². The zero-order valence-electron chi connectivity index (χ0n) is 20.4. The normalized spacial score (nSPS) is 14.4. The molecule has 1 atom stereocenters. The zero-order valence-corrected chi connectivity index (χ0v) is 21.2. The number of thioether (sulfide) groups is 1. The smallest absolute Gasteiger partial charge is 0.260 e. The average molecular weight is 540 g/mol. The number of nitrogens with zero attached hydrogens (tertiary/aromatic N) is 1. The number of benzene rings is 3. The summed E-state index contributed by atoms with van der Waals surface area (Å²) in [5.41, 5.74) is -0.154. The van der Waals surface area contributed by atoms with E-state index in [0.29, 0.717) is 16.2 Å². The molecule has 0 N–H and O–H groups in total. The number of ketones is 1. The number of hydrogen-bond donors (Lipinski definition) is 0. The molecule has 0 saturated carbocycles. The van der Waals surface area contributed by atoms with Crippen LogP contribution in [0.3, 0.4) is 0 Å². The maximum Gasteiger partial charge on any atom is 0.260 e. The molecule has 5 rings (SSSR count). The van der Waals surface area contributed by atoms with Crippen molar-refractivity contribution in [1.29, 1.82) is 0 Å². The summed E-state index contributed by atoms with van der Waals surface area (Å²) in [5, 5.41) is 0.358. The van der Waals surface area contributed by atoms with Crippen molar-refractivity contribution in [2.45, 2.75) is 24.4 Å². The SMILES string of the molecule is COc1cccc(-c2c(C)c(Cc3c(F)cccc3F)c3n(c2=O)C(C(=O)c2cccc(F)c2)CS3)c1F. The van der Waals surface area contributed by atoms with Crippen LogP contribution in [0, 0.1) is 30.2 Å². The number of methoxy groups -OCH3 is 1. The monoisotopic (exact) mass is 539 g/mol. The third-order valence-electron chi connectivity index (χ3n) is 6.71. The summed E-state index contributed by atoms with van der Waals surface area (Å²) in [6, 6.07) is 12.0. The third-order valence-corrected chi connectivity index (χ3v) is 7.91. The largest absolute Gasteiger partial charge is 0.494 e. The van der Waals surface area contributed by atoms with Gasteiger partial charge in [-0.1, -0.05) is 30.3 Å². The molecule has 4 nitrogen and oxygen atoms in total. The van der Waals surface area contributed by atoms with Gasteiger partial charge in [-0.2, -0.15) is 0 Å². The van der Waals surface area contributed by atoms with E-state index in [-0.39, 0.29) is 40.2 Å². The molecular weight excluding hydrogens is 518 g/mol. The Morgan fingerprint density at radius 2 is 1.68 bits per heavy atom. The highest BCUT2D eigenvalue weighted by Gasteiger charge is 2.36. The van der Waals surface area contributed by atoms with Crippen molar-refractivity contribution in [3.8, 4) is 16.9 Å². The summed E-state index contributed by atoms with van der Waals surface area (Å²) in [5.74, 6) is -3.36. The van der Waals surface area contributed by atoms with Gasteiger partial charge < -0.3 is 4.74 Å². The van der Waals surface area contributed by atoms with E-state index < -0.39 is 40.7 Å². The lowest BCUT2D eigenvalue weighted by molar-refractivity contribution is 0.0934. The molecular formula is C29H21F4NO3S. The number of carbonyl (C=O) groups excluding carboxylic acids is 1. The number of hydrogen-bond acceptors (Lipinski definition) is 4. The third kappa shape index (κ3) is 4.30. The number of aromatic nitrogens is 1. The summed E-state index contributed by atoms with van der Waals surface area (Å²) in [6.45, 7) is 1.59. The number of rotatable bonds is 6. The average Bonchev–Trinajstić information content (AvgIpc) is 3.34. The highest BCUT2D eigenvalue weighted by molar-refractivity contribution is 7.99. The minimum absolute atomic E-state index is 0.0450. The Morgan fingerprint density at radius 3 is 2.37 bits per heavy atom. The van der Waals surface area contributed by atoms with Crippen LogP contribution < -0.4 is 10.3 Å². The molecule has 0 aliphatic carbocycles. The van der Waals surface area contributed by atoms with Crippen LogP contribution in [0.25, 0.3) is 11.1 Å². The van der Waals surface area contributed by atoms with Gasteiger partial charge in [-0.15, -0.1) is 11.8 Å². The van der Waals surface area contributed by atoms with Gasteiger partial charge >= 0.3 is 0 Å². The molecule has 0 amide bonds. The van der Waals surface area contributed by atoms with E-state index >= 15 is 4.39 Å². The van der Waals surface area contributed by atoms with Crippen LogP contribution in [0.4, 0.5) is 17.6 Å². The second-order valence-electron chi connectivity index (χ2n) is 8.86. The van der Waals surface area contributed by atoms with Gasteiger partial charge in [0, 0.05) is 28.9 Å². The summed E-state index contributed by atoms with van der Waals surface area (Å²) in [6.07, 6.45) is -0.230. The van der Waals surface area contributed by atoms with Crippen molar-refractivity contribution in [2.75, 3.05) is 12.9 Å². The van der Waals surface area contributed by atoms with Crippen LogP contribution in [0.5, 0.6) is 5.75 Å². The first kappa shape index (κ1) is 25.8. The first-order valence-electron chi connectivity index (χ1n) is 11.7. The Labute approximate surface area is 219 Å². The molecule has 1 aliphatic rings. The van der Waals surface area contributed by atoms with Crippen molar-refractivity contribution >= 4 is 17.5 Å². The minimum Gasteiger partial charge on any atom is -0.494 e. The molecule has 0 bridgehead atoms. The fourth-order valence-electron chi connectivity index (χ4n) is 4.79. The molecule has 3 aromatic carbocycles.